The minimum absolute atomic E-state index is 0.0490. The van der Waals surface area contributed by atoms with E-state index in [0.29, 0.717) is 19.1 Å². The molecule has 0 aromatic rings. The Hall–Kier alpha value is -0.610. The first-order valence-corrected chi connectivity index (χ1v) is 5.09. The quantitative estimate of drug-likeness (QED) is 0.697. The molecule has 0 radical (unpaired) electrons. The van der Waals surface area contributed by atoms with Crippen LogP contribution >= 0.6 is 0 Å². The molecule has 0 aromatic heterocycles. The first-order chi connectivity index (χ1) is 6.53. The largest absolute Gasteiger partial charge is 0.369 e. The van der Waals surface area contributed by atoms with Gasteiger partial charge in [0.2, 0.25) is 0 Å². The fourth-order valence-corrected chi connectivity index (χ4v) is 1.41. The van der Waals surface area contributed by atoms with E-state index in [4.69, 9.17) is 10.5 Å². The molecule has 4 heteroatoms. The van der Waals surface area contributed by atoms with Crippen molar-refractivity contribution in [3.63, 3.8) is 0 Å². The van der Waals surface area contributed by atoms with Crippen LogP contribution in [-0.4, -0.2) is 42.6 Å². The van der Waals surface area contributed by atoms with Crippen molar-refractivity contribution in [3.8, 4) is 0 Å². The highest BCUT2D eigenvalue weighted by Crippen LogP contribution is 2.29. The monoisotopic (exact) mass is 200 g/mol. The van der Waals surface area contributed by atoms with Gasteiger partial charge in [-0.15, -0.1) is 0 Å². The topological polar surface area (TPSA) is 55.6 Å². The maximum atomic E-state index is 12.0. The number of hydrogen-bond donors (Lipinski definition) is 1. The summed E-state index contributed by atoms with van der Waals surface area (Å²) in [5.74, 6) is 0.0490. The van der Waals surface area contributed by atoms with Gasteiger partial charge in [-0.2, -0.15) is 0 Å². The summed E-state index contributed by atoms with van der Waals surface area (Å²) in [6.45, 7) is 4.74. The second-order valence-electron chi connectivity index (χ2n) is 4.23. The highest BCUT2D eigenvalue weighted by molar-refractivity contribution is 5.85. The van der Waals surface area contributed by atoms with Crippen LogP contribution < -0.4 is 5.73 Å². The van der Waals surface area contributed by atoms with Gasteiger partial charge in [0, 0.05) is 26.2 Å². The van der Waals surface area contributed by atoms with E-state index < -0.39 is 5.60 Å². The van der Waals surface area contributed by atoms with E-state index in [2.05, 4.69) is 0 Å². The summed E-state index contributed by atoms with van der Waals surface area (Å²) in [4.78, 5) is 13.9. The zero-order valence-corrected chi connectivity index (χ0v) is 9.25. The Morgan fingerprint density at radius 1 is 1.57 bits per heavy atom. The molecule has 1 aliphatic rings. The Balaban J connectivity index is 2.62. The third-order valence-corrected chi connectivity index (χ3v) is 2.64. The lowest BCUT2D eigenvalue weighted by Crippen LogP contribution is -2.49. The van der Waals surface area contributed by atoms with Crippen molar-refractivity contribution in [1.82, 2.24) is 4.90 Å². The molecule has 1 rings (SSSR count). The van der Waals surface area contributed by atoms with E-state index in [-0.39, 0.29) is 5.91 Å². The number of nitrogens with zero attached hydrogens (tertiary/aromatic N) is 1. The van der Waals surface area contributed by atoms with Gasteiger partial charge in [0.15, 0.2) is 0 Å². The molecule has 0 heterocycles. The second kappa shape index (κ2) is 4.28. The first-order valence-electron chi connectivity index (χ1n) is 5.09. The van der Waals surface area contributed by atoms with Crippen molar-refractivity contribution in [2.45, 2.75) is 38.3 Å². The molecule has 0 bridgehead atoms. The van der Waals surface area contributed by atoms with Gasteiger partial charge in [-0.05, 0) is 26.7 Å². The van der Waals surface area contributed by atoms with Crippen molar-refractivity contribution in [3.05, 3.63) is 0 Å². The summed E-state index contributed by atoms with van der Waals surface area (Å²) in [7, 11) is 1.56. The number of ether oxygens (including phenoxy) is 1. The Kier molecular flexibility index (Phi) is 3.50. The van der Waals surface area contributed by atoms with E-state index >= 15 is 0 Å². The fraction of sp³-hybridized carbons (Fsp3) is 0.900. The zero-order chi connectivity index (χ0) is 10.8. The lowest BCUT2D eigenvalue weighted by atomic mass is 10.1. The number of carbonyl (C=O) groups excluding carboxylic acids is 1. The van der Waals surface area contributed by atoms with Gasteiger partial charge < -0.3 is 15.4 Å². The summed E-state index contributed by atoms with van der Waals surface area (Å²) in [5.41, 5.74) is 4.76. The number of methoxy groups -OCH3 is 1. The molecule has 0 saturated heterocycles. The van der Waals surface area contributed by atoms with Gasteiger partial charge in [-0.3, -0.25) is 4.79 Å². The molecule has 1 amide bonds. The lowest BCUT2D eigenvalue weighted by molar-refractivity contribution is -0.151. The summed E-state index contributed by atoms with van der Waals surface area (Å²) < 4.78 is 5.17. The summed E-state index contributed by atoms with van der Waals surface area (Å²) >= 11 is 0. The molecule has 4 nitrogen and oxygen atoms in total. The van der Waals surface area contributed by atoms with Crippen LogP contribution in [-0.2, 0) is 9.53 Å². The van der Waals surface area contributed by atoms with Crippen LogP contribution in [0.2, 0.25) is 0 Å². The van der Waals surface area contributed by atoms with Crippen LogP contribution in [0.3, 0.4) is 0 Å². The van der Waals surface area contributed by atoms with Gasteiger partial charge in [0.05, 0.1) is 0 Å². The average molecular weight is 200 g/mol. The van der Waals surface area contributed by atoms with E-state index in [1.807, 2.05) is 4.90 Å². The molecule has 0 aliphatic heterocycles. The number of amides is 1. The van der Waals surface area contributed by atoms with Crippen molar-refractivity contribution in [1.29, 1.82) is 0 Å². The van der Waals surface area contributed by atoms with Crippen LogP contribution in [0.25, 0.3) is 0 Å². The van der Waals surface area contributed by atoms with Crippen molar-refractivity contribution in [2.24, 2.45) is 5.73 Å². The maximum absolute atomic E-state index is 12.0. The average Bonchev–Trinajstić information content (AvgIpc) is 2.96. The molecule has 82 valence electrons. The summed E-state index contributed by atoms with van der Waals surface area (Å²) in [5, 5.41) is 0. The van der Waals surface area contributed by atoms with Gasteiger partial charge in [0.1, 0.15) is 5.60 Å². The van der Waals surface area contributed by atoms with Crippen molar-refractivity contribution < 1.29 is 9.53 Å². The number of carbonyl (C=O) groups is 1. The van der Waals surface area contributed by atoms with Crippen LogP contribution in [0.1, 0.15) is 26.7 Å². The number of nitrogens with two attached hydrogens (primary N) is 1. The Labute approximate surface area is 85.4 Å². The number of hydrogen-bond acceptors (Lipinski definition) is 3. The minimum Gasteiger partial charge on any atom is -0.369 e. The molecule has 0 atom stereocenters. The van der Waals surface area contributed by atoms with Crippen molar-refractivity contribution >= 4 is 5.91 Å². The smallest absolute Gasteiger partial charge is 0.254 e. The second-order valence-corrected chi connectivity index (χ2v) is 4.23. The fourth-order valence-electron chi connectivity index (χ4n) is 1.41. The molecule has 1 fully saturated rings. The predicted molar refractivity (Wildman–Crippen MR) is 54.9 cm³/mol. The molecule has 1 saturated carbocycles. The van der Waals surface area contributed by atoms with Crippen LogP contribution in [0.5, 0.6) is 0 Å². The maximum Gasteiger partial charge on any atom is 0.254 e. The summed E-state index contributed by atoms with van der Waals surface area (Å²) in [6, 6.07) is 0.403. The van der Waals surface area contributed by atoms with Crippen LogP contribution in [0.15, 0.2) is 0 Å². The van der Waals surface area contributed by atoms with Gasteiger partial charge in [0.25, 0.3) is 5.91 Å². The third-order valence-electron chi connectivity index (χ3n) is 2.64. The lowest BCUT2D eigenvalue weighted by Gasteiger charge is -2.30. The molecule has 0 aromatic carbocycles. The SMILES string of the molecule is COC(C)(C)C(=O)N(CCN)C1CC1. The van der Waals surface area contributed by atoms with E-state index in [0.717, 1.165) is 12.8 Å². The number of rotatable bonds is 5. The Bertz CT molecular complexity index is 212. The van der Waals surface area contributed by atoms with Crippen LogP contribution in [0, 0.1) is 0 Å². The highest BCUT2D eigenvalue weighted by Gasteiger charge is 2.39. The highest BCUT2D eigenvalue weighted by atomic mass is 16.5. The summed E-state index contributed by atoms with van der Waals surface area (Å²) in [6.07, 6.45) is 2.21. The minimum atomic E-state index is -0.724. The van der Waals surface area contributed by atoms with Gasteiger partial charge >= 0.3 is 0 Å². The third kappa shape index (κ3) is 2.45. The van der Waals surface area contributed by atoms with E-state index in [1.54, 1.807) is 21.0 Å². The van der Waals surface area contributed by atoms with Crippen molar-refractivity contribution in [2.75, 3.05) is 20.2 Å². The molecular weight excluding hydrogens is 180 g/mol. The molecule has 0 spiro atoms. The normalized spacial score (nSPS) is 16.9. The molecule has 14 heavy (non-hydrogen) atoms. The first kappa shape index (κ1) is 11.5. The van der Waals surface area contributed by atoms with Gasteiger partial charge in [-0.1, -0.05) is 0 Å². The molecular formula is C10H20N2O2. The molecule has 0 unspecified atom stereocenters. The van der Waals surface area contributed by atoms with Crippen LogP contribution in [0.4, 0.5) is 0 Å². The standard InChI is InChI=1S/C10H20N2O2/c1-10(2,14-3)9(13)12(7-6-11)8-4-5-8/h8H,4-7,11H2,1-3H3. The Morgan fingerprint density at radius 2 is 2.14 bits per heavy atom. The Morgan fingerprint density at radius 3 is 2.50 bits per heavy atom. The van der Waals surface area contributed by atoms with E-state index in [9.17, 15) is 4.79 Å². The molecule has 1 aliphatic carbocycles. The predicted octanol–water partition coefficient (Wildman–Crippen LogP) is 0.361. The van der Waals surface area contributed by atoms with Gasteiger partial charge in [-0.25, -0.2) is 0 Å². The zero-order valence-electron chi connectivity index (χ0n) is 9.25. The molecule has 2 N–H and O–H groups in total. The van der Waals surface area contributed by atoms with E-state index in [1.165, 1.54) is 0 Å².